The minimum atomic E-state index is -0.627. The Bertz CT molecular complexity index is 519. The van der Waals surface area contributed by atoms with Crippen molar-refractivity contribution in [3.8, 4) is 5.75 Å². The van der Waals surface area contributed by atoms with Crippen LogP contribution in [0.2, 0.25) is 0 Å². The van der Waals surface area contributed by atoms with Crippen LogP contribution in [0.25, 0.3) is 0 Å². The van der Waals surface area contributed by atoms with Crippen LogP contribution in [0.3, 0.4) is 0 Å². The molecule has 1 amide bonds. The first kappa shape index (κ1) is 11.2. The van der Waals surface area contributed by atoms with E-state index in [0.29, 0.717) is 11.5 Å². The summed E-state index contributed by atoms with van der Waals surface area (Å²) in [6.07, 6.45) is 0. The average Bonchev–Trinajstić information content (AvgIpc) is 2.77. The second-order valence-electron chi connectivity index (χ2n) is 3.37. The molecular formula is C12H10FNO3. The standard InChI is InChI=1S/C12H10FNO3/c13-8-1-3-9(4-2-8)16-7-10-5-6-11(17-10)12(14)15/h1-6H,7H2,(H2,14,15). The van der Waals surface area contributed by atoms with Crippen LogP contribution in [0.15, 0.2) is 40.8 Å². The molecule has 4 nitrogen and oxygen atoms in total. The fourth-order valence-corrected chi connectivity index (χ4v) is 1.27. The Morgan fingerprint density at radius 3 is 2.53 bits per heavy atom. The van der Waals surface area contributed by atoms with Gasteiger partial charge in [0.1, 0.15) is 23.9 Å². The Kier molecular flexibility index (Phi) is 3.09. The smallest absolute Gasteiger partial charge is 0.284 e. The predicted molar refractivity (Wildman–Crippen MR) is 58.0 cm³/mol. The topological polar surface area (TPSA) is 65.5 Å². The minimum Gasteiger partial charge on any atom is -0.486 e. The highest BCUT2D eigenvalue weighted by molar-refractivity contribution is 5.89. The van der Waals surface area contributed by atoms with Crippen molar-refractivity contribution < 1.29 is 18.3 Å². The van der Waals surface area contributed by atoms with Crippen molar-refractivity contribution in [3.63, 3.8) is 0 Å². The molecule has 0 spiro atoms. The highest BCUT2D eigenvalue weighted by atomic mass is 19.1. The summed E-state index contributed by atoms with van der Waals surface area (Å²) in [6, 6.07) is 8.69. The molecule has 0 saturated carbocycles. The van der Waals surface area contributed by atoms with E-state index in [0.717, 1.165) is 0 Å². The van der Waals surface area contributed by atoms with E-state index in [1.807, 2.05) is 0 Å². The molecule has 17 heavy (non-hydrogen) atoms. The maximum absolute atomic E-state index is 12.6. The zero-order valence-electron chi connectivity index (χ0n) is 8.85. The number of ether oxygens (including phenoxy) is 1. The van der Waals surface area contributed by atoms with Crippen LogP contribution in [0, 0.1) is 5.82 Å². The Balaban J connectivity index is 1.97. The number of furan rings is 1. The molecule has 0 unspecified atom stereocenters. The number of hydrogen-bond donors (Lipinski definition) is 1. The summed E-state index contributed by atoms with van der Waals surface area (Å²) in [5, 5.41) is 0. The van der Waals surface area contributed by atoms with Crippen molar-refractivity contribution in [2.24, 2.45) is 5.73 Å². The first-order valence-electron chi connectivity index (χ1n) is 4.92. The summed E-state index contributed by atoms with van der Waals surface area (Å²) >= 11 is 0. The molecule has 0 fully saturated rings. The Morgan fingerprint density at radius 1 is 1.24 bits per heavy atom. The SMILES string of the molecule is NC(=O)c1ccc(COc2ccc(F)cc2)o1. The second kappa shape index (κ2) is 4.69. The summed E-state index contributed by atoms with van der Waals surface area (Å²) in [5.74, 6) is 0.124. The van der Waals surface area contributed by atoms with Gasteiger partial charge in [-0.1, -0.05) is 0 Å². The van der Waals surface area contributed by atoms with Crippen LogP contribution in [-0.4, -0.2) is 5.91 Å². The fourth-order valence-electron chi connectivity index (χ4n) is 1.27. The molecule has 88 valence electrons. The van der Waals surface area contributed by atoms with Crippen molar-refractivity contribution in [1.82, 2.24) is 0 Å². The van der Waals surface area contributed by atoms with Crippen LogP contribution in [0.1, 0.15) is 16.3 Å². The zero-order chi connectivity index (χ0) is 12.3. The van der Waals surface area contributed by atoms with Gasteiger partial charge >= 0.3 is 0 Å². The molecule has 0 aliphatic heterocycles. The van der Waals surface area contributed by atoms with E-state index in [4.69, 9.17) is 14.9 Å². The molecule has 1 aromatic heterocycles. The molecule has 0 saturated heterocycles. The lowest BCUT2D eigenvalue weighted by atomic mass is 10.3. The van der Waals surface area contributed by atoms with Gasteiger partial charge in [0.2, 0.25) is 0 Å². The largest absolute Gasteiger partial charge is 0.486 e. The lowest BCUT2D eigenvalue weighted by Gasteiger charge is -2.03. The number of carbonyl (C=O) groups is 1. The molecule has 2 N–H and O–H groups in total. The number of rotatable bonds is 4. The van der Waals surface area contributed by atoms with Gasteiger partial charge in [-0.2, -0.15) is 0 Å². The molecule has 0 aliphatic carbocycles. The number of primary amides is 1. The van der Waals surface area contributed by atoms with Crippen molar-refractivity contribution in [2.75, 3.05) is 0 Å². The normalized spacial score (nSPS) is 10.2. The highest BCUT2D eigenvalue weighted by Gasteiger charge is 2.07. The summed E-state index contributed by atoms with van der Waals surface area (Å²) in [7, 11) is 0. The molecule has 5 heteroatoms. The predicted octanol–water partition coefficient (Wildman–Crippen LogP) is 2.10. The van der Waals surface area contributed by atoms with Crippen LogP contribution in [0.5, 0.6) is 5.75 Å². The van der Waals surface area contributed by atoms with Crippen molar-refractivity contribution in [1.29, 1.82) is 0 Å². The van der Waals surface area contributed by atoms with Gasteiger partial charge in [-0.3, -0.25) is 4.79 Å². The lowest BCUT2D eigenvalue weighted by Crippen LogP contribution is -2.09. The van der Waals surface area contributed by atoms with Crippen LogP contribution in [-0.2, 0) is 6.61 Å². The molecule has 2 aromatic rings. The third-order valence-electron chi connectivity index (χ3n) is 2.10. The number of amides is 1. The fraction of sp³-hybridized carbons (Fsp3) is 0.0833. The quantitative estimate of drug-likeness (QED) is 0.882. The summed E-state index contributed by atoms with van der Waals surface area (Å²) in [4.78, 5) is 10.8. The summed E-state index contributed by atoms with van der Waals surface area (Å²) in [6.45, 7) is 0.152. The van der Waals surface area contributed by atoms with E-state index in [2.05, 4.69) is 0 Å². The van der Waals surface area contributed by atoms with Gasteiger partial charge in [0.15, 0.2) is 5.76 Å². The van der Waals surface area contributed by atoms with Gasteiger partial charge in [0.05, 0.1) is 0 Å². The number of nitrogens with two attached hydrogens (primary N) is 1. The number of carbonyl (C=O) groups excluding carboxylic acids is 1. The third-order valence-corrected chi connectivity index (χ3v) is 2.10. The zero-order valence-corrected chi connectivity index (χ0v) is 8.85. The monoisotopic (exact) mass is 235 g/mol. The van der Waals surface area contributed by atoms with Gasteiger partial charge in [-0.15, -0.1) is 0 Å². The molecule has 1 aromatic carbocycles. The maximum atomic E-state index is 12.6. The van der Waals surface area contributed by atoms with Gasteiger partial charge < -0.3 is 14.9 Å². The number of hydrogen-bond acceptors (Lipinski definition) is 3. The summed E-state index contributed by atoms with van der Waals surface area (Å²) < 4.78 is 23.1. The van der Waals surface area contributed by atoms with E-state index in [1.165, 1.54) is 30.3 Å². The molecule has 1 heterocycles. The Morgan fingerprint density at radius 2 is 1.94 bits per heavy atom. The van der Waals surface area contributed by atoms with E-state index in [-0.39, 0.29) is 18.2 Å². The van der Waals surface area contributed by atoms with Crippen molar-refractivity contribution in [3.05, 3.63) is 53.7 Å². The first-order valence-corrected chi connectivity index (χ1v) is 4.92. The maximum Gasteiger partial charge on any atom is 0.284 e. The van der Waals surface area contributed by atoms with Crippen LogP contribution < -0.4 is 10.5 Å². The van der Waals surface area contributed by atoms with Crippen molar-refractivity contribution in [2.45, 2.75) is 6.61 Å². The van der Waals surface area contributed by atoms with Crippen LogP contribution >= 0.6 is 0 Å². The molecule has 0 aliphatic rings. The molecule has 0 atom stereocenters. The van der Waals surface area contributed by atoms with E-state index < -0.39 is 5.91 Å². The Hall–Kier alpha value is -2.30. The van der Waals surface area contributed by atoms with Gasteiger partial charge in [-0.25, -0.2) is 4.39 Å². The first-order chi connectivity index (χ1) is 8.15. The van der Waals surface area contributed by atoms with E-state index in [1.54, 1.807) is 6.07 Å². The number of benzene rings is 1. The molecule has 0 radical (unpaired) electrons. The Labute approximate surface area is 96.8 Å². The second-order valence-corrected chi connectivity index (χ2v) is 3.37. The minimum absolute atomic E-state index is 0.0858. The van der Waals surface area contributed by atoms with Gasteiger partial charge in [-0.05, 0) is 36.4 Å². The summed E-state index contributed by atoms with van der Waals surface area (Å²) in [5.41, 5.74) is 5.04. The molecule has 2 rings (SSSR count). The van der Waals surface area contributed by atoms with E-state index >= 15 is 0 Å². The van der Waals surface area contributed by atoms with Crippen LogP contribution in [0.4, 0.5) is 4.39 Å². The lowest BCUT2D eigenvalue weighted by molar-refractivity contribution is 0.0970. The molecular weight excluding hydrogens is 225 g/mol. The van der Waals surface area contributed by atoms with Gasteiger partial charge in [0, 0.05) is 0 Å². The van der Waals surface area contributed by atoms with Crippen molar-refractivity contribution >= 4 is 5.91 Å². The highest BCUT2D eigenvalue weighted by Crippen LogP contribution is 2.14. The van der Waals surface area contributed by atoms with Gasteiger partial charge in [0.25, 0.3) is 5.91 Å². The molecule has 0 bridgehead atoms. The average molecular weight is 235 g/mol. The number of halogens is 1. The van der Waals surface area contributed by atoms with E-state index in [9.17, 15) is 9.18 Å². The third kappa shape index (κ3) is 2.84.